The van der Waals surface area contributed by atoms with Gasteiger partial charge in [-0.3, -0.25) is 0 Å². The summed E-state index contributed by atoms with van der Waals surface area (Å²) in [7, 11) is 0. The summed E-state index contributed by atoms with van der Waals surface area (Å²) in [6.45, 7) is 0.744. The number of carbonyl (C=O) groups excluding carboxylic acids is 1. The quantitative estimate of drug-likeness (QED) is 0.782. The minimum absolute atomic E-state index is 0.293. The molecule has 0 aliphatic heterocycles. The summed E-state index contributed by atoms with van der Waals surface area (Å²) < 4.78 is 10.5. The lowest BCUT2D eigenvalue weighted by molar-refractivity contribution is -0.00431. The number of rotatable bonds is 5. The molecule has 1 aliphatic rings. The number of hydrogen-bond donors (Lipinski definition) is 2. The average molecular weight is 263 g/mol. The van der Waals surface area contributed by atoms with Crippen molar-refractivity contribution in [1.29, 1.82) is 0 Å². The van der Waals surface area contributed by atoms with Crippen LogP contribution in [0.2, 0.25) is 0 Å². The number of amides is 1. The number of carbonyl (C=O) groups is 1. The maximum absolute atomic E-state index is 10.7. The van der Waals surface area contributed by atoms with Gasteiger partial charge in [-0.05, 0) is 11.6 Å². The maximum atomic E-state index is 10.7. The number of primary amides is 1. The Morgan fingerprint density at radius 3 is 2.68 bits per heavy atom. The number of aliphatic hydroxyl groups is 1. The Morgan fingerprint density at radius 1 is 1.26 bits per heavy atom. The molecule has 0 bridgehead atoms. The van der Waals surface area contributed by atoms with E-state index in [9.17, 15) is 9.90 Å². The van der Waals surface area contributed by atoms with Crippen LogP contribution in [0.3, 0.4) is 0 Å². The third kappa shape index (κ3) is 3.81. The Labute approximate surface area is 111 Å². The summed E-state index contributed by atoms with van der Waals surface area (Å²) >= 11 is 0. The van der Waals surface area contributed by atoms with Crippen LogP contribution in [0.25, 0.3) is 0 Å². The van der Waals surface area contributed by atoms with Crippen molar-refractivity contribution in [1.82, 2.24) is 0 Å². The van der Waals surface area contributed by atoms with E-state index in [1.807, 2.05) is 30.3 Å². The number of ether oxygens (including phenoxy) is 2. The first-order valence-corrected chi connectivity index (χ1v) is 6.11. The van der Waals surface area contributed by atoms with Gasteiger partial charge in [0.2, 0.25) is 0 Å². The van der Waals surface area contributed by atoms with Crippen LogP contribution in [0, 0.1) is 5.92 Å². The molecule has 5 nitrogen and oxygen atoms in total. The molecule has 1 amide bonds. The van der Waals surface area contributed by atoms with Gasteiger partial charge in [0, 0.05) is 0 Å². The van der Waals surface area contributed by atoms with E-state index in [0.29, 0.717) is 13.2 Å². The van der Waals surface area contributed by atoms with Gasteiger partial charge in [0.1, 0.15) is 6.10 Å². The average Bonchev–Trinajstić information content (AvgIpc) is 2.72. The topological polar surface area (TPSA) is 81.8 Å². The highest BCUT2D eigenvalue weighted by Crippen LogP contribution is 2.23. The third-order valence-corrected chi connectivity index (χ3v) is 3.03. The molecule has 19 heavy (non-hydrogen) atoms. The van der Waals surface area contributed by atoms with Gasteiger partial charge >= 0.3 is 6.09 Å². The zero-order valence-electron chi connectivity index (χ0n) is 10.4. The SMILES string of the molecule is NC(=O)O[C@@H]1C=C[C@H](O)[C@H]1COCc1ccccc1. The standard InChI is InChI=1S/C14H17NO4/c15-14(17)19-13-7-6-12(16)11(13)9-18-8-10-4-2-1-3-5-10/h1-7,11-13,16H,8-9H2,(H2,15,17)/t11-,12+,13-/m1/s1. The molecular weight excluding hydrogens is 246 g/mol. The smallest absolute Gasteiger partial charge is 0.405 e. The normalized spacial score (nSPS) is 25.4. The molecule has 0 fully saturated rings. The summed E-state index contributed by atoms with van der Waals surface area (Å²) in [6, 6.07) is 9.72. The Hall–Kier alpha value is -1.85. The van der Waals surface area contributed by atoms with Crippen molar-refractivity contribution in [2.45, 2.75) is 18.8 Å². The van der Waals surface area contributed by atoms with E-state index >= 15 is 0 Å². The third-order valence-electron chi connectivity index (χ3n) is 3.03. The minimum atomic E-state index is -0.850. The molecule has 1 aliphatic carbocycles. The minimum Gasteiger partial charge on any atom is -0.442 e. The van der Waals surface area contributed by atoms with Crippen LogP contribution in [0.1, 0.15) is 5.56 Å². The van der Waals surface area contributed by atoms with Crippen LogP contribution in [-0.4, -0.2) is 30.0 Å². The first-order valence-electron chi connectivity index (χ1n) is 6.11. The van der Waals surface area contributed by atoms with Crippen molar-refractivity contribution < 1.29 is 19.4 Å². The predicted molar refractivity (Wildman–Crippen MR) is 69.2 cm³/mol. The van der Waals surface area contributed by atoms with Gasteiger partial charge in [-0.25, -0.2) is 4.79 Å². The Bertz CT molecular complexity index is 446. The van der Waals surface area contributed by atoms with Crippen molar-refractivity contribution in [2.75, 3.05) is 6.61 Å². The highest BCUT2D eigenvalue weighted by Gasteiger charge is 2.33. The van der Waals surface area contributed by atoms with Gasteiger partial charge in [-0.15, -0.1) is 0 Å². The van der Waals surface area contributed by atoms with E-state index in [2.05, 4.69) is 0 Å². The van der Waals surface area contributed by atoms with Gasteiger partial charge in [0.05, 0.1) is 25.2 Å². The molecule has 0 aromatic heterocycles. The molecule has 1 aromatic carbocycles. The lowest BCUT2D eigenvalue weighted by Crippen LogP contribution is -2.33. The van der Waals surface area contributed by atoms with Gasteiger partial charge in [0.25, 0.3) is 0 Å². The van der Waals surface area contributed by atoms with E-state index < -0.39 is 18.3 Å². The summed E-state index contributed by atoms with van der Waals surface area (Å²) in [6.07, 6.45) is 1.16. The molecule has 1 aromatic rings. The summed E-state index contributed by atoms with van der Waals surface area (Å²) in [5.74, 6) is -0.309. The van der Waals surface area contributed by atoms with Crippen LogP contribution >= 0.6 is 0 Å². The summed E-state index contributed by atoms with van der Waals surface area (Å²) in [4.78, 5) is 10.7. The number of benzene rings is 1. The first kappa shape index (κ1) is 13.6. The molecule has 0 spiro atoms. The molecule has 0 saturated heterocycles. The molecule has 2 rings (SSSR count). The van der Waals surface area contributed by atoms with E-state index in [0.717, 1.165) is 5.56 Å². The van der Waals surface area contributed by atoms with Crippen molar-refractivity contribution in [3.8, 4) is 0 Å². The predicted octanol–water partition coefficient (Wildman–Crippen LogP) is 1.21. The zero-order valence-corrected chi connectivity index (χ0v) is 10.4. The second-order valence-corrected chi connectivity index (χ2v) is 4.44. The van der Waals surface area contributed by atoms with Gasteiger partial charge < -0.3 is 20.3 Å². The van der Waals surface area contributed by atoms with Gasteiger partial charge in [-0.1, -0.05) is 36.4 Å². The highest BCUT2D eigenvalue weighted by atomic mass is 16.6. The Balaban J connectivity index is 1.82. The highest BCUT2D eigenvalue weighted by molar-refractivity contribution is 5.65. The van der Waals surface area contributed by atoms with Crippen molar-refractivity contribution in [3.05, 3.63) is 48.0 Å². The number of aliphatic hydroxyl groups excluding tert-OH is 1. The molecule has 0 unspecified atom stereocenters. The second kappa shape index (κ2) is 6.36. The van der Waals surface area contributed by atoms with E-state index in [1.54, 1.807) is 12.2 Å². The summed E-state index contributed by atoms with van der Waals surface area (Å²) in [5.41, 5.74) is 6.03. The van der Waals surface area contributed by atoms with Crippen LogP contribution in [0.5, 0.6) is 0 Å². The molecule has 0 heterocycles. The fourth-order valence-corrected chi connectivity index (χ4v) is 2.04. The number of nitrogens with two attached hydrogens (primary N) is 1. The molecule has 102 valence electrons. The lowest BCUT2D eigenvalue weighted by atomic mass is 10.0. The van der Waals surface area contributed by atoms with E-state index in [4.69, 9.17) is 15.2 Å². The van der Waals surface area contributed by atoms with Crippen LogP contribution in [0.4, 0.5) is 4.79 Å². The van der Waals surface area contributed by atoms with Crippen LogP contribution < -0.4 is 5.73 Å². The van der Waals surface area contributed by atoms with Gasteiger partial charge in [0.15, 0.2) is 0 Å². The molecule has 5 heteroatoms. The lowest BCUT2D eigenvalue weighted by Gasteiger charge is -2.21. The Morgan fingerprint density at radius 2 is 2.00 bits per heavy atom. The number of hydrogen-bond acceptors (Lipinski definition) is 4. The molecule has 0 radical (unpaired) electrons. The fraction of sp³-hybridized carbons (Fsp3) is 0.357. The zero-order chi connectivity index (χ0) is 13.7. The summed E-state index contributed by atoms with van der Waals surface area (Å²) in [5, 5.41) is 9.77. The van der Waals surface area contributed by atoms with Crippen LogP contribution in [-0.2, 0) is 16.1 Å². The fourth-order valence-electron chi connectivity index (χ4n) is 2.04. The Kier molecular flexibility index (Phi) is 4.54. The largest absolute Gasteiger partial charge is 0.442 e. The van der Waals surface area contributed by atoms with Crippen molar-refractivity contribution in [3.63, 3.8) is 0 Å². The van der Waals surface area contributed by atoms with Gasteiger partial charge in [-0.2, -0.15) is 0 Å². The van der Waals surface area contributed by atoms with Crippen molar-refractivity contribution >= 4 is 6.09 Å². The van der Waals surface area contributed by atoms with Crippen LogP contribution in [0.15, 0.2) is 42.5 Å². The monoisotopic (exact) mass is 263 g/mol. The first-order chi connectivity index (χ1) is 9.16. The molecular formula is C14H17NO4. The van der Waals surface area contributed by atoms with Crippen molar-refractivity contribution in [2.24, 2.45) is 11.7 Å². The maximum Gasteiger partial charge on any atom is 0.405 e. The van der Waals surface area contributed by atoms with E-state index in [-0.39, 0.29) is 5.92 Å². The molecule has 3 atom stereocenters. The second-order valence-electron chi connectivity index (χ2n) is 4.44. The molecule has 0 saturated carbocycles. The van der Waals surface area contributed by atoms with E-state index in [1.165, 1.54) is 0 Å². The molecule has 3 N–H and O–H groups in total.